The molecule has 1 heterocycles. The second kappa shape index (κ2) is 4.89. The molecule has 1 aromatic heterocycles. The molecule has 2 N–H and O–H groups in total. The van der Waals surface area contributed by atoms with Crippen LogP contribution in [0.4, 0.5) is 0 Å². The zero-order chi connectivity index (χ0) is 11.5. The van der Waals surface area contributed by atoms with Crippen molar-refractivity contribution in [2.45, 2.75) is 6.42 Å². The zero-order valence-corrected chi connectivity index (χ0v) is 10.8. The van der Waals surface area contributed by atoms with Crippen LogP contribution in [0, 0.1) is 0 Å². The first-order chi connectivity index (χ1) is 7.75. The van der Waals surface area contributed by atoms with Crippen LogP contribution in [0.5, 0.6) is 5.88 Å². The van der Waals surface area contributed by atoms with Crippen LogP contribution >= 0.6 is 15.9 Å². The smallest absolute Gasteiger partial charge is 0.209 e. The number of ether oxygens (including phenoxy) is 1. The van der Waals surface area contributed by atoms with Crippen molar-refractivity contribution in [3.05, 3.63) is 28.7 Å². The number of nitrogens with zero attached hydrogens (tertiary/aromatic N) is 1. The SMILES string of the molecule is Cn1c(OCCCN)c(Br)c2ccccc21. The second-order valence-electron chi connectivity index (χ2n) is 3.69. The summed E-state index contributed by atoms with van der Waals surface area (Å²) in [5, 5.41) is 1.17. The topological polar surface area (TPSA) is 40.2 Å². The number of fused-ring (bicyclic) bond motifs is 1. The van der Waals surface area contributed by atoms with Crippen molar-refractivity contribution < 1.29 is 4.74 Å². The summed E-state index contributed by atoms with van der Waals surface area (Å²) in [7, 11) is 2.00. The van der Waals surface area contributed by atoms with Crippen LogP contribution < -0.4 is 10.5 Å². The van der Waals surface area contributed by atoms with Crippen molar-refractivity contribution in [2.75, 3.05) is 13.2 Å². The number of benzene rings is 1. The lowest BCUT2D eigenvalue weighted by Crippen LogP contribution is -2.07. The molecule has 4 heteroatoms. The van der Waals surface area contributed by atoms with Crippen LogP contribution in [0.2, 0.25) is 0 Å². The Morgan fingerprint density at radius 2 is 2.12 bits per heavy atom. The van der Waals surface area contributed by atoms with E-state index >= 15 is 0 Å². The van der Waals surface area contributed by atoms with E-state index in [1.165, 1.54) is 5.39 Å². The molecule has 0 aliphatic carbocycles. The van der Waals surface area contributed by atoms with Crippen LogP contribution in [0.25, 0.3) is 10.9 Å². The quantitative estimate of drug-likeness (QED) is 0.876. The lowest BCUT2D eigenvalue weighted by Gasteiger charge is -2.07. The summed E-state index contributed by atoms with van der Waals surface area (Å²) in [5.74, 6) is 0.870. The molecule has 0 saturated carbocycles. The van der Waals surface area contributed by atoms with Gasteiger partial charge in [0.15, 0.2) is 0 Å². The third-order valence-electron chi connectivity index (χ3n) is 2.58. The molecule has 0 radical (unpaired) electrons. The first kappa shape index (κ1) is 11.5. The molecule has 0 spiro atoms. The van der Waals surface area contributed by atoms with Gasteiger partial charge in [-0.3, -0.25) is 0 Å². The number of halogens is 1. The fourth-order valence-electron chi connectivity index (χ4n) is 1.74. The molecule has 16 heavy (non-hydrogen) atoms. The second-order valence-corrected chi connectivity index (χ2v) is 4.48. The Morgan fingerprint density at radius 1 is 1.38 bits per heavy atom. The van der Waals surface area contributed by atoms with Crippen LogP contribution in [-0.2, 0) is 7.05 Å². The number of rotatable bonds is 4. The summed E-state index contributed by atoms with van der Waals surface area (Å²) in [6, 6.07) is 8.21. The van der Waals surface area contributed by atoms with Crippen molar-refractivity contribution in [1.29, 1.82) is 0 Å². The van der Waals surface area contributed by atoms with Gasteiger partial charge >= 0.3 is 0 Å². The Bertz CT molecular complexity index is 454. The molecule has 0 saturated heterocycles. The molecule has 1 aromatic carbocycles. The highest BCUT2D eigenvalue weighted by Gasteiger charge is 2.13. The molecule has 0 unspecified atom stereocenters. The van der Waals surface area contributed by atoms with Gasteiger partial charge in [-0.1, -0.05) is 18.2 Å². The first-order valence-electron chi connectivity index (χ1n) is 5.31. The van der Waals surface area contributed by atoms with Crippen LogP contribution in [0.3, 0.4) is 0 Å². The maximum absolute atomic E-state index is 5.73. The van der Waals surface area contributed by atoms with Gasteiger partial charge in [0.1, 0.15) is 0 Å². The van der Waals surface area contributed by atoms with Gasteiger partial charge in [0.25, 0.3) is 0 Å². The maximum atomic E-state index is 5.73. The Kier molecular flexibility index (Phi) is 3.51. The number of aromatic nitrogens is 1. The minimum atomic E-state index is 0.652. The van der Waals surface area contributed by atoms with E-state index < -0.39 is 0 Å². The summed E-state index contributed by atoms with van der Waals surface area (Å²) in [6.07, 6.45) is 0.869. The Balaban J connectivity index is 2.37. The van der Waals surface area contributed by atoms with E-state index in [-0.39, 0.29) is 0 Å². The van der Waals surface area contributed by atoms with E-state index in [4.69, 9.17) is 10.5 Å². The van der Waals surface area contributed by atoms with Gasteiger partial charge in [0, 0.05) is 12.4 Å². The third kappa shape index (κ3) is 1.95. The Labute approximate surface area is 103 Å². The maximum Gasteiger partial charge on any atom is 0.209 e. The number of nitrogens with two attached hydrogens (primary N) is 1. The number of hydrogen-bond donors (Lipinski definition) is 1. The van der Waals surface area contributed by atoms with Crippen molar-refractivity contribution in [1.82, 2.24) is 4.57 Å². The zero-order valence-electron chi connectivity index (χ0n) is 9.24. The van der Waals surface area contributed by atoms with Crippen molar-refractivity contribution in [3.8, 4) is 5.88 Å². The fourth-order valence-corrected chi connectivity index (χ4v) is 2.45. The van der Waals surface area contributed by atoms with Gasteiger partial charge in [-0.25, -0.2) is 0 Å². The van der Waals surface area contributed by atoms with Gasteiger partial charge in [-0.15, -0.1) is 0 Å². The molecular formula is C12H15BrN2O. The summed E-state index contributed by atoms with van der Waals surface area (Å²) < 4.78 is 8.80. The van der Waals surface area contributed by atoms with Crippen LogP contribution in [-0.4, -0.2) is 17.7 Å². The average Bonchev–Trinajstić information content (AvgIpc) is 2.55. The minimum Gasteiger partial charge on any atom is -0.478 e. The molecule has 0 bridgehead atoms. The van der Waals surface area contributed by atoms with Gasteiger partial charge in [-0.2, -0.15) is 0 Å². The van der Waals surface area contributed by atoms with Crippen molar-refractivity contribution in [2.24, 2.45) is 12.8 Å². The van der Waals surface area contributed by atoms with E-state index in [9.17, 15) is 0 Å². The van der Waals surface area contributed by atoms with Crippen LogP contribution in [0.1, 0.15) is 6.42 Å². The highest BCUT2D eigenvalue weighted by molar-refractivity contribution is 9.10. The van der Waals surface area contributed by atoms with E-state index in [0.717, 1.165) is 22.3 Å². The minimum absolute atomic E-state index is 0.652. The average molecular weight is 283 g/mol. The Hall–Kier alpha value is -1.00. The molecule has 0 atom stereocenters. The standard InChI is InChI=1S/C12H15BrN2O/c1-15-10-6-3-2-5-9(10)11(13)12(15)16-8-4-7-14/h2-3,5-6H,4,7-8,14H2,1H3. The predicted molar refractivity (Wildman–Crippen MR) is 69.8 cm³/mol. The van der Waals surface area contributed by atoms with Gasteiger partial charge in [0.2, 0.25) is 5.88 Å². The monoisotopic (exact) mass is 282 g/mol. The van der Waals surface area contributed by atoms with E-state index in [2.05, 4.69) is 32.6 Å². The van der Waals surface area contributed by atoms with Gasteiger partial charge in [-0.05, 0) is 35.0 Å². The number of hydrogen-bond acceptors (Lipinski definition) is 2. The molecule has 0 aliphatic rings. The fraction of sp³-hybridized carbons (Fsp3) is 0.333. The van der Waals surface area contributed by atoms with Crippen molar-refractivity contribution in [3.63, 3.8) is 0 Å². The van der Waals surface area contributed by atoms with Gasteiger partial charge in [0.05, 0.1) is 16.6 Å². The number of aryl methyl sites for hydroxylation is 1. The molecule has 2 rings (SSSR count). The highest BCUT2D eigenvalue weighted by Crippen LogP contribution is 2.35. The molecular weight excluding hydrogens is 268 g/mol. The van der Waals surface area contributed by atoms with E-state index in [1.54, 1.807) is 0 Å². The molecule has 0 fully saturated rings. The predicted octanol–water partition coefficient (Wildman–Crippen LogP) is 2.67. The lowest BCUT2D eigenvalue weighted by atomic mass is 10.2. The normalized spacial score (nSPS) is 10.9. The van der Waals surface area contributed by atoms with E-state index in [1.807, 2.05) is 19.2 Å². The largest absolute Gasteiger partial charge is 0.478 e. The first-order valence-corrected chi connectivity index (χ1v) is 6.10. The lowest BCUT2D eigenvalue weighted by molar-refractivity contribution is 0.291. The van der Waals surface area contributed by atoms with Crippen molar-refractivity contribution >= 4 is 26.8 Å². The molecule has 3 nitrogen and oxygen atoms in total. The molecule has 2 aromatic rings. The highest BCUT2D eigenvalue weighted by atomic mass is 79.9. The summed E-state index contributed by atoms with van der Waals surface area (Å²) in [4.78, 5) is 0. The summed E-state index contributed by atoms with van der Waals surface area (Å²) >= 11 is 3.58. The van der Waals surface area contributed by atoms with Crippen LogP contribution in [0.15, 0.2) is 28.7 Å². The summed E-state index contributed by atoms with van der Waals surface area (Å²) in [5.41, 5.74) is 6.61. The summed E-state index contributed by atoms with van der Waals surface area (Å²) in [6.45, 7) is 1.31. The molecule has 0 aliphatic heterocycles. The van der Waals surface area contributed by atoms with Gasteiger partial charge < -0.3 is 15.0 Å². The molecule has 0 amide bonds. The Morgan fingerprint density at radius 3 is 2.81 bits per heavy atom. The molecule has 86 valence electrons. The third-order valence-corrected chi connectivity index (χ3v) is 3.35. The number of para-hydroxylation sites is 1. The van der Waals surface area contributed by atoms with E-state index in [0.29, 0.717) is 13.2 Å².